The number of alkyl halides is 1. The van der Waals surface area contributed by atoms with Gasteiger partial charge in [-0.2, -0.15) is 0 Å². The van der Waals surface area contributed by atoms with Gasteiger partial charge in [-0.3, -0.25) is 14.3 Å². The number of nitrogens with zero attached hydrogens (tertiary/aromatic N) is 1. The highest BCUT2D eigenvalue weighted by Crippen LogP contribution is 2.44. The quantitative estimate of drug-likeness (QED) is 0.604. The second kappa shape index (κ2) is 8.04. The minimum absolute atomic E-state index is 0.258. The minimum atomic E-state index is -1.22. The number of hydrogen-bond acceptors (Lipinski definition) is 6. The number of aliphatic hydroxyl groups excluding tert-OH is 2. The molecule has 1 aromatic heterocycles. The van der Waals surface area contributed by atoms with Gasteiger partial charge in [-0.1, -0.05) is 18.2 Å². The average molecular weight is 423 g/mol. The van der Waals surface area contributed by atoms with E-state index in [1.165, 1.54) is 17.8 Å². The van der Waals surface area contributed by atoms with Gasteiger partial charge in [0.15, 0.2) is 6.23 Å². The van der Waals surface area contributed by atoms with Crippen molar-refractivity contribution in [3.05, 3.63) is 68.0 Å². The molecule has 0 radical (unpaired) electrons. The molecule has 4 rings (SSSR count). The minimum Gasteiger partial charge on any atom is -0.394 e. The van der Waals surface area contributed by atoms with Crippen molar-refractivity contribution in [2.45, 2.75) is 49.9 Å². The lowest BCUT2D eigenvalue weighted by atomic mass is 9.81. The summed E-state index contributed by atoms with van der Waals surface area (Å²) in [5, 5.41) is 21.0. The monoisotopic (exact) mass is 422 g/mol. The molecule has 0 unspecified atom stereocenters. The first-order chi connectivity index (χ1) is 14.0. The fourth-order valence-electron chi connectivity index (χ4n) is 4.20. The van der Waals surface area contributed by atoms with Crippen LogP contribution in [-0.4, -0.2) is 50.1 Å². The van der Waals surface area contributed by atoms with Crippen LogP contribution < -0.4 is 11.2 Å². The number of rotatable bonds is 5. The van der Waals surface area contributed by atoms with Gasteiger partial charge in [-0.25, -0.2) is 4.79 Å². The zero-order valence-electron chi connectivity index (χ0n) is 15.7. The van der Waals surface area contributed by atoms with Crippen molar-refractivity contribution < 1.29 is 19.7 Å². The van der Waals surface area contributed by atoms with Crippen molar-refractivity contribution in [2.75, 3.05) is 12.5 Å². The summed E-state index contributed by atoms with van der Waals surface area (Å²) < 4.78 is 13.0. The molecule has 29 heavy (non-hydrogen) atoms. The Morgan fingerprint density at radius 1 is 1.28 bits per heavy atom. The van der Waals surface area contributed by atoms with Crippen LogP contribution in [0.3, 0.4) is 0 Å². The lowest BCUT2D eigenvalue weighted by molar-refractivity contribution is -0.152. The topological polar surface area (TPSA) is 114 Å². The fourth-order valence-corrected chi connectivity index (χ4v) is 4.34. The summed E-state index contributed by atoms with van der Waals surface area (Å²) in [5.74, 6) is 0.601. The molecule has 9 heteroatoms. The molecule has 1 aromatic carbocycles. The van der Waals surface area contributed by atoms with E-state index in [0.29, 0.717) is 12.3 Å². The van der Waals surface area contributed by atoms with Crippen LogP contribution >= 0.6 is 11.6 Å². The van der Waals surface area contributed by atoms with Crippen molar-refractivity contribution in [1.29, 1.82) is 0 Å². The molecule has 2 aliphatic rings. The maximum atomic E-state index is 12.2. The maximum absolute atomic E-state index is 12.2. The standard InChI is InChI=1S/C20H23ClN2O6/c21-6-1-2-12-3-4-13-9-20(28-11-14(13)8-12)15(10-24)29-18(17(20)26)23-7-5-16(25)22-19(23)27/h3-5,7-8,15,17-18,24,26H,1-2,6,9-11H2,(H,22,25,27)/t15-,17+,18-,20-/m1/s1. The Labute approximate surface area is 171 Å². The van der Waals surface area contributed by atoms with Gasteiger partial charge in [0.25, 0.3) is 5.56 Å². The zero-order valence-corrected chi connectivity index (χ0v) is 16.5. The summed E-state index contributed by atoms with van der Waals surface area (Å²) in [4.78, 5) is 25.7. The molecule has 1 spiro atoms. The molecule has 3 heterocycles. The van der Waals surface area contributed by atoms with Crippen molar-refractivity contribution in [3.63, 3.8) is 0 Å². The van der Waals surface area contributed by atoms with Crippen LogP contribution in [0.15, 0.2) is 40.1 Å². The van der Waals surface area contributed by atoms with Crippen LogP contribution in [0.4, 0.5) is 0 Å². The highest BCUT2D eigenvalue weighted by atomic mass is 35.5. The molecule has 4 atom stereocenters. The number of benzene rings is 1. The number of aromatic amines is 1. The number of H-pyrrole nitrogens is 1. The Kier molecular flexibility index (Phi) is 5.63. The van der Waals surface area contributed by atoms with E-state index in [1.807, 2.05) is 12.1 Å². The molecule has 156 valence electrons. The zero-order chi connectivity index (χ0) is 20.6. The molecule has 2 aliphatic heterocycles. The Hall–Kier alpha value is -1.97. The van der Waals surface area contributed by atoms with Crippen LogP contribution in [0.2, 0.25) is 0 Å². The molecule has 1 fully saturated rings. The number of aryl methyl sites for hydroxylation is 1. The number of ether oxygens (including phenoxy) is 2. The molecular formula is C20H23ClN2O6. The Balaban J connectivity index is 1.65. The van der Waals surface area contributed by atoms with E-state index in [4.69, 9.17) is 21.1 Å². The van der Waals surface area contributed by atoms with Crippen molar-refractivity contribution in [3.8, 4) is 0 Å². The van der Waals surface area contributed by atoms with Crippen LogP contribution in [-0.2, 0) is 28.9 Å². The smallest absolute Gasteiger partial charge is 0.330 e. The third kappa shape index (κ3) is 3.55. The van der Waals surface area contributed by atoms with Gasteiger partial charge in [0.05, 0.1) is 13.2 Å². The number of fused-ring (bicyclic) bond motifs is 1. The van der Waals surface area contributed by atoms with E-state index >= 15 is 0 Å². The maximum Gasteiger partial charge on any atom is 0.330 e. The highest BCUT2D eigenvalue weighted by molar-refractivity contribution is 6.17. The number of hydrogen-bond donors (Lipinski definition) is 3. The third-order valence-electron chi connectivity index (χ3n) is 5.74. The normalized spacial score (nSPS) is 28.6. The summed E-state index contributed by atoms with van der Waals surface area (Å²) in [7, 11) is 0. The molecule has 1 saturated heterocycles. The summed E-state index contributed by atoms with van der Waals surface area (Å²) in [6, 6.07) is 7.29. The predicted octanol–water partition coefficient (Wildman–Crippen LogP) is 0.470. The number of aliphatic hydroxyl groups is 2. The predicted molar refractivity (Wildman–Crippen MR) is 105 cm³/mol. The molecule has 3 N–H and O–H groups in total. The number of aromatic nitrogens is 2. The molecule has 0 saturated carbocycles. The lowest BCUT2D eigenvalue weighted by Crippen LogP contribution is -2.55. The fraction of sp³-hybridized carbons (Fsp3) is 0.500. The van der Waals surface area contributed by atoms with Crippen LogP contribution in [0, 0.1) is 0 Å². The van der Waals surface area contributed by atoms with E-state index in [0.717, 1.165) is 28.5 Å². The van der Waals surface area contributed by atoms with E-state index in [-0.39, 0.29) is 13.2 Å². The van der Waals surface area contributed by atoms with Crippen molar-refractivity contribution in [2.24, 2.45) is 0 Å². The first-order valence-electron chi connectivity index (χ1n) is 9.55. The average Bonchev–Trinajstić information content (AvgIpc) is 2.98. The highest BCUT2D eigenvalue weighted by Gasteiger charge is 2.59. The SMILES string of the molecule is O=c1ccn([C@@H]2O[C@H](CO)[C@]3(Cc4ccc(CCCCl)cc4CO3)[C@H]2O)c(=O)[nH]1. The Morgan fingerprint density at radius 3 is 2.83 bits per heavy atom. The first kappa shape index (κ1) is 20.3. The number of nitrogens with one attached hydrogen (secondary N) is 1. The van der Waals surface area contributed by atoms with Gasteiger partial charge in [-0.15, -0.1) is 11.6 Å². The van der Waals surface area contributed by atoms with Gasteiger partial charge in [0.1, 0.15) is 17.8 Å². The second-order valence-corrected chi connectivity index (χ2v) is 7.85. The van der Waals surface area contributed by atoms with Crippen LogP contribution in [0.1, 0.15) is 29.3 Å². The molecule has 8 nitrogen and oxygen atoms in total. The van der Waals surface area contributed by atoms with Gasteiger partial charge in [0.2, 0.25) is 0 Å². The molecular weight excluding hydrogens is 400 g/mol. The van der Waals surface area contributed by atoms with E-state index in [1.54, 1.807) is 0 Å². The lowest BCUT2D eigenvalue weighted by Gasteiger charge is -2.40. The van der Waals surface area contributed by atoms with E-state index < -0.39 is 35.3 Å². The Bertz CT molecular complexity index is 1000. The number of halogens is 1. The second-order valence-electron chi connectivity index (χ2n) is 7.48. The van der Waals surface area contributed by atoms with Gasteiger partial charge in [0, 0.05) is 24.6 Å². The van der Waals surface area contributed by atoms with Crippen molar-refractivity contribution >= 4 is 11.6 Å². The van der Waals surface area contributed by atoms with E-state index in [9.17, 15) is 19.8 Å². The van der Waals surface area contributed by atoms with Crippen molar-refractivity contribution in [1.82, 2.24) is 9.55 Å². The van der Waals surface area contributed by atoms with Crippen LogP contribution in [0.25, 0.3) is 0 Å². The summed E-state index contributed by atoms with van der Waals surface area (Å²) >= 11 is 5.77. The molecule has 0 amide bonds. The van der Waals surface area contributed by atoms with E-state index in [2.05, 4.69) is 11.1 Å². The summed E-state index contributed by atoms with van der Waals surface area (Å²) in [6.45, 7) is -0.122. The summed E-state index contributed by atoms with van der Waals surface area (Å²) in [6.07, 6.45) is 0.240. The van der Waals surface area contributed by atoms with Gasteiger partial charge in [-0.05, 0) is 29.5 Å². The Morgan fingerprint density at radius 2 is 2.10 bits per heavy atom. The molecule has 0 bridgehead atoms. The summed E-state index contributed by atoms with van der Waals surface area (Å²) in [5.41, 5.74) is 0.760. The van der Waals surface area contributed by atoms with Gasteiger partial charge >= 0.3 is 5.69 Å². The van der Waals surface area contributed by atoms with Gasteiger partial charge < -0.3 is 19.7 Å². The largest absolute Gasteiger partial charge is 0.394 e. The molecule has 2 aromatic rings. The molecule has 0 aliphatic carbocycles. The first-order valence-corrected chi connectivity index (χ1v) is 10.1. The third-order valence-corrected chi connectivity index (χ3v) is 6.01. The van der Waals surface area contributed by atoms with Crippen LogP contribution in [0.5, 0.6) is 0 Å².